The fourth-order valence-electron chi connectivity index (χ4n) is 2.86. The summed E-state index contributed by atoms with van der Waals surface area (Å²) in [6.45, 7) is 2.27. The first-order chi connectivity index (χ1) is 13.6. The number of carbonyl (C=O) groups is 1. The van der Waals surface area contributed by atoms with Crippen LogP contribution in [0.5, 0.6) is 0 Å². The van der Waals surface area contributed by atoms with Crippen LogP contribution in [0.1, 0.15) is 21.8 Å². The van der Waals surface area contributed by atoms with E-state index in [1.807, 2.05) is 31.2 Å². The Labute approximate surface area is 161 Å². The van der Waals surface area contributed by atoms with Crippen LogP contribution in [0, 0.1) is 12.7 Å². The summed E-state index contributed by atoms with van der Waals surface area (Å²) < 4.78 is 20.1. The van der Waals surface area contributed by atoms with E-state index in [4.69, 9.17) is 4.42 Å². The summed E-state index contributed by atoms with van der Waals surface area (Å²) in [6.07, 6.45) is 1.56. The van der Waals surface area contributed by atoms with Crippen LogP contribution in [0.25, 0.3) is 16.9 Å². The topological polar surface area (TPSA) is 60.1 Å². The van der Waals surface area contributed by atoms with Crippen molar-refractivity contribution in [2.24, 2.45) is 0 Å². The molecule has 1 amide bonds. The molecule has 0 atom stereocenters. The van der Waals surface area contributed by atoms with Crippen molar-refractivity contribution >= 4 is 5.91 Å². The van der Waals surface area contributed by atoms with Crippen LogP contribution < -0.4 is 5.32 Å². The zero-order valence-electron chi connectivity index (χ0n) is 15.2. The molecule has 0 saturated carbocycles. The number of nitrogens with zero attached hydrogens (tertiary/aromatic N) is 2. The van der Waals surface area contributed by atoms with E-state index in [0.717, 1.165) is 16.8 Å². The van der Waals surface area contributed by atoms with E-state index in [2.05, 4.69) is 10.4 Å². The second kappa shape index (κ2) is 7.52. The fraction of sp³-hybridized carbons (Fsp3) is 0.0909. The third-order valence-corrected chi connectivity index (χ3v) is 4.36. The quantitative estimate of drug-likeness (QED) is 0.558. The molecule has 140 valence electrons. The van der Waals surface area contributed by atoms with Crippen LogP contribution in [-0.2, 0) is 6.54 Å². The molecule has 0 fully saturated rings. The van der Waals surface area contributed by atoms with Gasteiger partial charge in [0.15, 0.2) is 0 Å². The Morgan fingerprint density at radius 1 is 1.11 bits per heavy atom. The predicted octanol–water partition coefficient (Wildman–Crippen LogP) is 4.51. The first kappa shape index (κ1) is 17.7. The number of aromatic nitrogens is 2. The monoisotopic (exact) mass is 375 g/mol. The van der Waals surface area contributed by atoms with Gasteiger partial charge in [0.2, 0.25) is 0 Å². The Kier molecular flexibility index (Phi) is 4.76. The number of nitrogens with one attached hydrogen (secondary N) is 1. The second-order valence-electron chi connectivity index (χ2n) is 6.43. The average Bonchev–Trinajstić information content (AvgIpc) is 3.37. The summed E-state index contributed by atoms with van der Waals surface area (Å²) in [4.78, 5) is 12.8. The van der Waals surface area contributed by atoms with Crippen molar-refractivity contribution in [1.29, 1.82) is 0 Å². The van der Waals surface area contributed by atoms with Crippen LogP contribution in [0.4, 0.5) is 4.39 Å². The number of carbonyl (C=O) groups excluding carboxylic acids is 1. The Bertz CT molecular complexity index is 1080. The molecule has 0 bridgehead atoms. The van der Waals surface area contributed by atoms with Crippen LogP contribution >= 0.6 is 0 Å². The van der Waals surface area contributed by atoms with E-state index < -0.39 is 0 Å². The SMILES string of the molecule is Cc1ccc(-n2nc(-c3ccc(F)cc3)cc2C(=O)NCc2ccco2)cc1. The second-order valence-corrected chi connectivity index (χ2v) is 6.43. The van der Waals surface area contributed by atoms with Gasteiger partial charge < -0.3 is 9.73 Å². The minimum atomic E-state index is -0.321. The Morgan fingerprint density at radius 3 is 2.54 bits per heavy atom. The largest absolute Gasteiger partial charge is 0.467 e. The predicted molar refractivity (Wildman–Crippen MR) is 104 cm³/mol. The molecule has 6 heteroatoms. The van der Waals surface area contributed by atoms with Gasteiger partial charge in [0.25, 0.3) is 5.91 Å². The van der Waals surface area contributed by atoms with E-state index >= 15 is 0 Å². The highest BCUT2D eigenvalue weighted by atomic mass is 19.1. The summed E-state index contributed by atoms with van der Waals surface area (Å²) in [7, 11) is 0. The van der Waals surface area contributed by atoms with Crippen molar-refractivity contribution in [2.45, 2.75) is 13.5 Å². The molecule has 1 N–H and O–H groups in total. The summed E-state index contributed by atoms with van der Waals surface area (Å²) >= 11 is 0. The number of hydrogen-bond acceptors (Lipinski definition) is 3. The molecule has 28 heavy (non-hydrogen) atoms. The van der Waals surface area contributed by atoms with Gasteiger partial charge in [0, 0.05) is 5.56 Å². The molecule has 0 unspecified atom stereocenters. The summed E-state index contributed by atoms with van der Waals surface area (Å²) in [5.41, 5.74) is 3.58. The van der Waals surface area contributed by atoms with Gasteiger partial charge in [0.05, 0.1) is 24.2 Å². The maximum absolute atomic E-state index is 13.3. The van der Waals surface area contributed by atoms with Crippen molar-refractivity contribution in [3.63, 3.8) is 0 Å². The fourth-order valence-corrected chi connectivity index (χ4v) is 2.86. The van der Waals surface area contributed by atoms with E-state index in [-0.39, 0.29) is 18.3 Å². The highest BCUT2D eigenvalue weighted by molar-refractivity contribution is 5.94. The van der Waals surface area contributed by atoms with Gasteiger partial charge in [-0.15, -0.1) is 0 Å². The minimum absolute atomic E-state index is 0.275. The first-order valence-electron chi connectivity index (χ1n) is 8.84. The van der Waals surface area contributed by atoms with Crippen molar-refractivity contribution < 1.29 is 13.6 Å². The van der Waals surface area contributed by atoms with E-state index in [0.29, 0.717) is 17.1 Å². The van der Waals surface area contributed by atoms with E-state index in [9.17, 15) is 9.18 Å². The molecule has 4 rings (SSSR count). The molecule has 0 aliphatic rings. The van der Waals surface area contributed by atoms with Crippen LogP contribution in [-0.4, -0.2) is 15.7 Å². The third kappa shape index (κ3) is 3.71. The standard InChI is InChI=1S/C22H18FN3O2/c1-15-4-10-18(11-5-15)26-21(22(27)24-14-19-3-2-12-28-19)13-20(25-26)16-6-8-17(23)9-7-16/h2-13H,14H2,1H3,(H,24,27). The van der Waals surface area contributed by atoms with Gasteiger partial charge >= 0.3 is 0 Å². The lowest BCUT2D eigenvalue weighted by atomic mass is 10.1. The number of rotatable bonds is 5. The molecular weight excluding hydrogens is 357 g/mol. The Hall–Kier alpha value is -3.67. The lowest BCUT2D eigenvalue weighted by Gasteiger charge is -2.08. The molecule has 0 saturated heterocycles. The molecular formula is C22H18FN3O2. The number of aryl methyl sites for hydroxylation is 1. The van der Waals surface area contributed by atoms with Gasteiger partial charge in [0.1, 0.15) is 17.3 Å². The van der Waals surface area contributed by atoms with Gasteiger partial charge in [-0.1, -0.05) is 17.7 Å². The van der Waals surface area contributed by atoms with Crippen LogP contribution in [0.3, 0.4) is 0 Å². The Morgan fingerprint density at radius 2 is 1.86 bits per heavy atom. The smallest absolute Gasteiger partial charge is 0.270 e. The molecule has 2 aromatic heterocycles. The lowest BCUT2D eigenvalue weighted by Crippen LogP contribution is -2.25. The van der Waals surface area contributed by atoms with Crippen LogP contribution in [0.15, 0.2) is 77.4 Å². The first-order valence-corrected chi connectivity index (χ1v) is 8.84. The van der Waals surface area contributed by atoms with Gasteiger partial charge in [-0.3, -0.25) is 4.79 Å². The van der Waals surface area contributed by atoms with Crippen molar-refractivity contribution in [3.8, 4) is 16.9 Å². The average molecular weight is 375 g/mol. The maximum Gasteiger partial charge on any atom is 0.270 e. The van der Waals surface area contributed by atoms with Crippen molar-refractivity contribution in [3.05, 3.63) is 95.8 Å². The number of benzene rings is 2. The molecule has 4 aromatic rings. The number of hydrogen-bond donors (Lipinski definition) is 1. The number of furan rings is 1. The number of halogens is 1. The van der Waals surface area contributed by atoms with Crippen molar-refractivity contribution in [1.82, 2.24) is 15.1 Å². The van der Waals surface area contributed by atoms with Gasteiger partial charge in [-0.2, -0.15) is 5.10 Å². The van der Waals surface area contributed by atoms with Crippen molar-refractivity contribution in [2.75, 3.05) is 0 Å². The summed E-state index contributed by atoms with van der Waals surface area (Å²) in [5.74, 6) is 0.0597. The third-order valence-electron chi connectivity index (χ3n) is 4.36. The zero-order valence-corrected chi connectivity index (χ0v) is 15.2. The molecule has 0 spiro atoms. The molecule has 2 heterocycles. The molecule has 2 aromatic carbocycles. The molecule has 0 aliphatic heterocycles. The van der Waals surface area contributed by atoms with Crippen LogP contribution in [0.2, 0.25) is 0 Å². The highest BCUT2D eigenvalue weighted by Gasteiger charge is 2.18. The van der Waals surface area contributed by atoms with E-state index in [1.165, 1.54) is 12.1 Å². The number of amides is 1. The van der Waals surface area contributed by atoms with Gasteiger partial charge in [-0.05, 0) is 61.5 Å². The lowest BCUT2D eigenvalue weighted by molar-refractivity contribution is 0.0940. The van der Waals surface area contributed by atoms with E-state index in [1.54, 1.807) is 41.3 Å². The van der Waals surface area contributed by atoms with Gasteiger partial charge in [-0.25, -0.2) is 9.07 Å². The Balaban J connectivity index is 1.70. The molecule has 0 radical (unpaired) electrons. The maximum atomic E-state index is 13.3. The minimum Gasteiger partial charge on any atom is -0.467 e. The summed E-state index contributed by atoms with van der Waals surface area (Å²) in [6, 6.07) is 19.0. The normalized spacial score (nSPS) is 10.8. The molecule has 0 aliphatic carbocycles. The highest BCUT2D eigenvalue weighted by Crippen LogP contribution is 2.22. The molecule has 5 nitrogen and oxygen atoms in total. The zero-order chi connectivity index (χ0) is 19.5. The summed E-state index contributed by atoms with van der Waals surface area (Å²) in [5, 5.41) is 7.43.